The fraction of sp³-hybridized carbons (Fsp3) is 0.571. The number of ketones is 1. The molecule has 0 amide bonds. The number of carbonyl (C=O) groups excluding carboxylic acids is 1. The largest absolute Gasteiger partial charge is 0.416 e. The van der Waals surface area contributed by atoms with Crippen molar-refractivity contribution < 1.29 is 28.2 Å². The minimum atomic E-state index is -4.58. The van der Waals surface area contributed by atoms with Gasteiger partial charge in [-0.2, -0.15) is 13.2 Å². The summed E-state index contributed by atoms with van der Waals surface area (Å²) in [5, 5.41) is 23.8. The molecule has 1 aliphatic heterocycles. The summed E-state index contributed by atoms with van der Waals surface area (Å²) in [5.41, 5.74) is -1.74. The summed E-state index contributed by atoms with van der Waals surface area (Å²) >= 11 is 0. The van der Waals surface area contributed by atoms with Crippen LogP contribution in [0.15, 0.2) is 77.1 Å². The second-order valence-corrected chi connectivity index (χ2v) is 17.5. The van der Waals surface area contributed by atoms with E-state index in [0.717, 1.165) is 68.4 Å². The molecule has 52 heavy (non-hydrogen) atoms. The van der Waals surface area contributed by atoms with Gasteiger partial charge >= 0.3 is 11.9 Å². The Morgan fingerprint density at radius 1 is 0.923 bits per heavy atom. The lowest BCUT2D eigenvalue weighted by molar-refractivity contribution is -0.176. The molecule has 3 saturated carbocycles. The lowest BCUT2D eigenvalue weighted by Crippen LogP contribution is -2.67. The number of aromatic nitrogens is 2. The highest BCUT2D eigenvalue weighted by Crippen LogP contribution is 2.78. The first-order valence-corrected chi connectivity index (χ1v) is 19.1. The number of alkyl halides is 3. The molecule has 1 aromatic heterocycles. The highest BCUT2D eigenvalue weighted by molar-refractivity contribution is 6.10. The van der Waals surface area contributed by atoms with E-state index in [1.807, 2.05) is 28.8 Å². The molecule has 1 unspecified atom stereocenters. The van der Waals surface area contributed by atoms with Crippen LogP contribution in [0.25, 0.3) is 11.0 Å². The monoisotopic (exact) mass is 715 g/mol. The van der Waals surface area contributed by atoms with Crippen molar-refractivity contribution >= 4 is 16.8 Å². The number of hydrogen-bond acceptors (Lipinski definition) is 5. The number of nitrogens with one attached hydrogen (secondary N) is 1. The van der Waals surface area contributed by atoms with Gasteiger partial charge in [-0.15, -0.1) is 0 Å². The highest BCUT2D eigenvalue weighted by atomic mass is 19.4. The minimum absolute atomic E-state index is 0.0299. The van der Waals surface area contributed by atoms with E-state index in [1.165, 1.54) is 12.1 Å². The average Bonchev–Trinajstić information content (AvgIpc) is 3.59. The Kier molecular flexibility index (Phi) is 7.44. The molecular weight excluding hydrogens is 667 g/mol. The molecule has 10 heteroatoms. The molecular formula is C42H48F3N3O4. The summed E-state index contributed by atoms with van der Waals surface area (Å²) in [5.74, 6) is -0.417. The zero-order chi connectivity index (χ0) is 36.5. The minimum Gasteiger partial charge on any atom is -0.393 e. The van der Waals surface area contributed by atoms with E-state index in [4.69, 9.17) is 0 Å². The van der Waals surface area contributed by atoms with Crippen LogP contribution >= 0.6 is 0 Å². The first-order chi connectivity index (χ1) is 24.6. The third kappa shape index (κ3) is 4.55. The SMILES string of the molecule is C[C@]12CC[C@H]3[C@]4(C=C[C@@]5(C=C4C(=O)c4cccc(C(F)(F)F)c4)CC(O)CC[C@]35C)[C@@H]1CC[C@@]2(O)CN1CCC(n2c(=O)[nH]c3ccccc32)CC1. The van der Waals surface area contributed by atoms with E-state index in [0.29, 0.717) is 37.8 Å². The summed E-state index contributed by atoms with van der Waals surface area (Å²) < 4.78 is 43.5. The number of carbonyl (C=O) groups is 1. The van der Waals surface area contributed by atoms with Gasteiger partial charge in [0.1, 0.15) is 0 Å². The van der Waals surface area contributed by atoms with E-state index in [1.54, 1.807) is 0 Å². The van der Waals surface area contributed by atoms with Crippen LogP contribution in [0.2, 0.25) is 0 Å². The summed E-state index contributed by atoms with van der Waals surface area (Å²) in [4.78, 5) is 33.0. The quantitative estimate of drug-likeness (QED) is 0.188. The van der Waals surface area contributed by atoms with Gasteiger partial charge in [0.2, 0.25) is 0 Å². The number of Topliss-reactive ketones (excluding diaryl/α,β-unsaturated/α-hetero) is 1. The Balaban J connectivity index is 1.05. The number of piperidine rings is 1. The molecule has 3 N–H and O–H groups in total. The molecule has 2 bridgehead atoms. The van der Waals surface area contributed by atoms with Gasteiger partial charge in [0.05, 0.1) is 28.3 Å². The van der Waals surface area contributed by atoms with E-state index in [2.05, 4.69) is 42.0 Å². The number of imidazole rings is 1. The molecule has 2 spiro atoms. The van der Waals surface area contributed by atoms with Crippen molar-refractivity contribution in [2.45, 2.75) is 95.6 Å². The third-order valence-electron chi connectivity index (χ3n) is 15.4. The zero-order valence-corrected chi connectivity index (χ0v) is 29.9. The number of fused-ring (bicyclic) bond motifs is 2. The van der Waals surface area contributed by atoms with Crippen molar-refractivity contribution in [1.82, 2.24) is 14.5 Å². The fourth-order valence-corrected chi connectivity index (χ4v) is 12.7. The van der Waals surface area contributed by atoms with Crippen molar-refractivity contribution in [2.75, 3.05) is 19.6 Å². The van der Waals surface area contributed by atoms with Crippen LogP contribution in [0.4, 0.5) is 13.2 Å². The standard InChI is InChI=1S/C42H48F3N3O4/c1-37-15-10-29(49)23-39(37)18-19-41(30(24-39)35(50)26-6-5-7-27(22-26)42(43,44)45)33(37)11-16-38(2)34(41)12-17-40(38,52)25-47-20-13-28(14-21-47)48-32-9-4-3-8-31(32)46-36(48)51/h3-9,18-19,22,24,28-29,33-34,49,52H,10-17,20-21,23,25H2,1-2H3,(H,46,51)/t29?,33-,34-,37-,38+,39+,40-,41-/m1/s1. The lowest BCUT2D eigenvalue weighted by Gasteiger charge is -2.71. The number of β-amino-alcohol motifs (C(OH)–C–C–N with tert-alkyl or cyclic N) is 1. The van der Waals surface area contributed by atoms with Crippen LogP contribution in [0.5, 0.6) is 0 Å². The van der Waals surface area contributed by atoms with Gasteiger partial charge in [0.15, 0.2) is 5.78 Å². The number of H-pyrrole nitrogens is 1. The Bertz CT molecular complexity index is 2080. The number of aliphatic hydroxyl groups is 2. The summed E-state index contributed by atoms with van der Waals surface area (Å²) in [6, 6.07) is 12.6. The second kappa shape index (κ2) is 11.3. The molecule has 2 aromatic carbocycles. The number of nitrogens with zero attached hydrogens (tertiary/aromatic N) is 2. The predicted molar refractivity (Wildman–Crippen MR) is 192 cm³/mol. The molecule has 0 radical (unpaired) electrons. The molecule has 6 aliphatic carbocycles. The van der Waals surface area contributed by atoms with Gasteiger partial charge in [0.25, 0.3) is 0 Å². The van der Waals surface area contributed by atoms with Crippen LogP contribution in [0.3, 0.4) is 0 Å². The summed E-state index contributed by atoms with van der Waals surface area (Å²) in [7, 11) is 0. The van der Waals surface area contributed by atoms with Gasteiger partial charge in [-0.25, -0.2) is 4.79 Å². The molecule has 2 heterocycles. The number of para-hydroxylation sites is 2. The Morgan fingerprint density at radius 2 is 1.63 bits per heavy atom. The number of halogens is 3. The molecule has 7 nitrogen and oxygen atoms in total. The first-order valence-electron chi connectivity index (χ1n) is 19.1. The first kappa shape index (κ1) is 34.3. The van der Waals surface area contributed by atoms with E-state index >= 15 is 0 Å². The number of rotatable bonds is 5. The van der Waals surface area contributed by atoms with Gasteiger partial charge in [-0.3, -0.25) is 9.36 Å². The van der Waals surface area contributed by atoms with Crippen LogP contribution in [-0.4, -0.2) is 61.8 Å². The number of benzene rings is 2. The van der Waals surface area contributed by atoms with E-state index in [9.17, 15) is 33.0 Å². The van der Waals surface area contributed by atoms with Crippen molar-refractivity contribution in [3.63, 3.8) is 0 Å². The van der Waals surface area contributed by atoms with Crippen LogP contribution < -0.4 is 5.69 Å². The maximum absolute atomic E-state index is 14.8. The second-order valence-electron chi connectivity index (χ2n) is 17.5. The van der Waals surface area contributed by atoms with Crippen LogP contribution in [0, 0.1) is 33.5 Å². The maximum atomic E-state index is 14.8. The van der Waals surface area contributed by atoms with Gasteiger partial charge in [-0.05, 0) is 99.3 Å². The van der Waals surface area contributed by atoms with Crippen LogP contribution in [-0.2, 0) is 6.18 Å². The van der Waals surface area contributed by atoms with Gasteiger partial charge in [0, 0.05) is 53.1 Å². The molecule has 8 atom stereocenters. The van der Waals surface area contributed by atoms with Crippen molar-refractivity contribution in [2.24, 2.45) is 33.5 Å². The number of aliphatic hydroxyl groups excluding tert-OH is 1. The maximum Gasteiger partial charge on any atom is 0.416 e. The molecule has 7 aliphatic rings. The number of hydrogen-bond donors (Lipinski definition) is 3. The van der Waals surface area contributed by atoms with Gasteiger partial charge in [-0.1, -0.05) is 56.3 Å². The summed E-state index contributed by atoms with van der Waals surface area (Å²) in [6.45, 7) is 6.48. The number of allylic oxidation sites excluding steroid dienone is 4. The fourth-order valence-electron chi connectivity index (χ4n) is 12.7. The number of aromatic amines is 1. The normalized spacial score (nSPS) is 38.9. The predicted octanol–water partition coefficient (Wildman–Crippen LogP) is 7.46. The highest BCUT2D eigenvalue weighted by Gasteiger charge is 2.74. The zero-order valence-electron chi connectivity index (χ0n) is 29.9. The van der Waals surface area contributed by atoms with Crippen molar-refractivity contribution in [3.8, 4) is 0 Å². The molecule has 10 rings (SSSR count). The summed E-state index contributed by atoms with van der Waals surface area (Å²) in [6.07, 6.45) is 7.76. The topological polar surface area (TPSA) is 98.6 Å². The Hall–Kier alpha value is -3.47. The number of likely N-dealkylation sites (tertiary alicyclic amines) is 1. The third-order valence-corrected chi connectivity index (χ3v) is 15.4. The molecule has 3 aromatic rings. The van der Waals surface area contributed by atoms with Gasteiger partial charge < -0.3 is 20.1 Å². The Morgan fingerprint density at radius 3 is 2.40 bits per heavy atom. The Labute approximate surface area is 301 Å². The van der Waals surface area contributed by atoms with E-state index < -0.39 is 39.7 Å². The van der Waals surface area contributed by atoms with Crippen molar-refractivity contribution in [1.29, 1.82) is 0 Å². The van der Waals surface area contributed by atoms with Crippen LogP contribution in [0.1, 0.15) is 93.6 Å². The average molecular weight is 716 g/mol. The lowest BCUT2D eigenvalue weighted by atomic mass is 9.32. The molecule has 1 saturated heterocycles. The van der Waals surface area contributed by atoms with Crippen molar-refractivity contribution in [3.05, 3.63) is 93.9 Å². The molecule has 276 valence electrons. The molecule has 4 fully saturated rings. The van der Waals surface area contributed by atoms with E-state index in [-0.39, 0.29) is 40.3 Å². The smallest absolute Gasteiger partial charge is 0.393 e.